The molecule has 0 N–H and O–H groups in total. The van der Waals surface area contributed by atoms with Gasteiger partial charge in [-0.05, 0) is 13.8 Å². The summed E-state index contributed by atoms with van der Waals surface area (Å²) in [5, 5.41) is 0. The first kappa shape index (κ1) is 11.1. The number of quaternary nitrogens is 1. The minimum absolute atomic E-state index is 0. The van der Waals surface area contributed by atoms with Crippen molar-refractivity contribution in [3.05, 3.63) is 0 Å². The molecule has 2 heteroatoms. The van der Waals surface area contributed by atoms with Crippen LogP contribution in [0.2, 0.25) is 0 Å². The Morgan fingerprint density at radius 2 is 1.12 bits per heavy atom. The van der Waals surface area contributed by atoms with Gasteiger partial charge in [-0.15, -0.1) is 0 Å². The minimum atomic E-state index is 0. The number of nitrogens with zero attached hydrogens (tertiary/aromatic N) is 1. The van der Waals surface area contributed by atoms with E-state index in [0.717, 1.165) is 10.5 Å². The Hall–Kier alpha value is 0.250. The van der Waals surface area contributed by atoms with Gasteiger partial charge in [-0.3, -0.25) is 0 Å². The van der Waals surface area contributed by atoms with Gasteiger partial charge in [-0.1, -0.05) is 0 Å². The highest BCUT2D eigenvalue weighted by Crippen LogP contribution is 1.97. The largest absolute Gasteiger partial charge is 1.00 e. The third kappa shape index (κ3) is 4.41. The Labute approximate surface area is 58.7 Å². The summed E-state index contributed by atoms with van der Waals surface area (Å²) in [5.41, 5.74) is 0. The second-order valence-electron chi connectivity index (χ2n) is 3.21. The van der Waals surface area contributed by atoms with Crippen molar-refractivity contribution < 1.29 is 16.9 Å². The van der Waals surface area contributed by atoms with Gasteiger partial charge >= 0.3 is 0 Å². The maximum absolute atomic E-state index is 2.22. The van der Waals surface area contributed by atoms with E-state index in [4.69, 9.17) is 0 Å². The summed E-state index contributed by atoms with van der Waals surface area (Å²) < 4.78 is 1.06. The second kappa shape index (κ2) is 3.31. The molecule has 0 unspecified atom stereocenters. The van der Waals surface area contributed by atoms with E-state index in [-0.39, 0.29) is 12.4 Å². The fraction of sp³-hybridized carbons (Fsp3) is 1.00. The highest BCUT2D eigenvalue weighted by Gasteiger charge is 2.10. The van der Waals surface area contributed by atoms with Gasteiger partial charge in [0.25, 0.3) is 0 Å². The zero-order valence-electron chi connectivity index (χ0n) is 6.40. The summed E-state index contributed by atoms with van der Waals surface area (Å²) in [6.07, 6.45) is 0. The van der Waals surface area contributed by atoms with E-state index < -0.39 is 0 Å². The molecule has 1 nitrogen and oxygen atoms in total. The predicted octanol–water partition coefficient (Wildman–Crippen LogP) is -1.89. The van der Waals surface area contributed by atoms with Gasteiger partial charge in [0.1, 0.15) is 0 Å². The number of hydrogen-bond donors (Lipinski definition) is 0. The monoisotopic (exact) mass is 137 g/mol. The van der Waals surface area contributed by atoms with Crippen LogP contribution in [-0.4, -0.2) is 31.7 Å². The molecule has 0 aliphatic heterocycles. The average Bonchev–Trinajstić information content (AvgIpc) is 1.31. The zero-order valence-corrected chi connectivity index (χ0v) is 7.16. The molecule has 0 aromatic rings. The molecule has 0 aromatic carbocycles. The molecule has 0 bridgehead atoms. The SMILES string of the molecule is CC(C)[N+](C)(C)C.[Cl-]. The van der Waals surface area contributed by atoms with Crippen LogP contribution in [0.4, 0.5) is 0 Å². The summed E-state index contributed by atoms with van der Waals surface area (Å²) in [6, 6.07) is 0.736. The van der Waals surface area contributed by atoms with Gasteiger partial charge in [0.15, 0.2) is 0 Å². The third-order valence-corrected chi connectivity index (χ3v) is 1.55. The molecule has 0 saturated carbocycles. The van der Waals surface area contributed by atoms with E-state index in [1.807, 2.05) is 0 Å². The molecule has 0 fully saturated rings. The smallest absolute Gasteiger partial charge is 0.0827 e. The lowest BCUT2D eigenvalue weighted by Crippen LogP contribution is -3.00. The molecule has 0 amide bonds. The first-order chi connectivity index (χ1) is 2.94. The standard InChI is InChI=1S/C6H16N.ClH/c1-6(2)7(3,4)5;/h6H,1-5H3;1H/q+1;/p-1. The molecule has 0 aliphatic carbocycles. The van der Waals surface area contributed by atoms with Crippen LogP contribution in [0.1, 0.15) is 13.8 Å². The Bertz CT molecular complexity index is 54.0. The molecular formula is C6H16ClN. The van der Waals surface area contributed by atoms with Crippen LogP contribution in [0.25, 0.3) is 0 Å². The van der Waals surface area contributed by atoms with Crippen molar-refractivity contribution in [2.45, 2.75) is 19.9 Å². The van der Waals surface area contributed by atoms with Crippen molar-refractivity contribution >= 4 is 0 Å². The van der Waals surface area contributed by atoms with E-state index in [1.54, 1.807) is 0 Å². The molecule has 52 valence electrons. The summed E-state index contributed by atoms with van der Waals surface area (Å²) in [5.74, 6) is 0. The van der Waals surface area contributed by atoms with Crippen LogP contribution in [0.3, 0.4) is 0 Å². The quantitative estimate of drug-likeness (QED) is 0.371. The first-order valence-electron chi connectivity index (χ1n) is 2.75. The second-order valence-corrected chi connectivity index (χ2v) is 3.21. The maximum atomic E-state index is 2.22. The number of halogens is 1. The van der Waals surface area contributed by atoms with Gasteiger partial charge in [0.2, 0.25) is 0 Å². The summed E-state index contributed by atoms with van der Waals surface area (Å²) in [6.45, 7) is 4.44. The van der Waals surface area contributed by atoms with E-state index in [2.05, 4.69) is 35.0 Å². The molecule has 0 saturated heterocycles. The van der Waals surface area contributed by atoms with Crippen molar-refractivity contribution in [3.8, 4) is 0 Å². The van der Waals surface area contributed by atoms with Gasteiger partial charge in [0, 0.05) is 0 Å². The van der Waals surface area contributed by atoms with E-state index in [9.17, 15) is 0 Å². The first-order valence-corrected chi connectivity index (χ1v) is 2.75. The number of hydrogen-bond acceptors (Lipinski definition) is 0. The molecule has 0 aromatic heterocycles. The lowest BCUT2D eigenvalue weighted by molar-refractivity contribution is -0.891. The third-order valence-electron chi connectivity index (χ3n) is 1.55. The zero-order chi connectivity index (χ0) is 6.08. The van der Waals surface area contributed by atoms with Crippen LogP contribution in [0.15, 0.2) is 0 Å². The van der Waals surface area contributed by atoms with Crippen molar-refractivity contribution in [1.82, 2.24) is 0 Å². The normalized spacial score (nSPS) is 11.2. The fourth-order valence-electron chi connectivity index (χ4n) is 0. The number of rotatable bonds is 1. The molecule has 0 rings (SSSR count). The van der Waals surface area contributed by atoms with E-state index >= 15 is 0 Å². The van der Waals surface area contributed by atoms with Gasteiger partial charge < -0.3 is 16.9 Å². The highest BCUT2D eigenvalue weighted by atomic mass is 35.5. The Balaban J connectivity index is 0. The molecule has 0 aliphatic rings. The topological polar surface area (TPSA) is 0 Å². The molecule has 0 heterocycles. The predicted molar refractivity (Wildman–Crippen MR) is 33.2 cm³/mol. The van der Waals surface area contributed by atoms with Crippen LogP contribution in [0.5, 0.6) is 0 Å². The van der Waals surface area contributed by atoms with E-state index in [1.165, 1.54) is 0 Å². The highest BCUT2D eigenvalue weighted by molar-refractivity contribution is 4.31. The summed E-state index contributed by atoms with van der Waals surface area (Å²) in [7, 11) is 6.60. The molecule has 0 radical (unpaired) electrons. The summed E-state index contributed by atoms with van der Waals surface area (Å²) in [4.78, 5) is 0. The maximum Gasteiger partial charge on any atom is 0.0827 e. The lowest BCUT2D eigenvalue weighted by atomic mass is 10.3. The van der Waals surface area contributed by atoms with Crippen molar-refractivity contribution in [2.24, 2.45) is 0 Å². The van der Waals surface area contributed by atoms with Crippen molar-refractivity contribution in [2.75, 3.05) is 21.1 Å². The minimum Gasteiger partial charge on any atom is -1.00 e. The van der Waals surface area contributed by atoms with Crippen LogP contribution < -0.4 is 12.4 Å². The Morgan fingerprint density at radius 1 is 1.00 bits per heavy atom. The Kier molecular flexibility index (Phi) is 4.59. The van der Waals surface area contributed by atoms with Gasteiger partial charge in [-0.2, -0.15) is 0 Å². The van der Waals surface area contributed by atoms with E-state index in [0.29, 0.717) is 0 Å². The van der Waals surface area contributed by atoms with Crippen LogP contribution >= 0.6 is 0 Å². The molecule has 0 spiro atoms. The van der Waals surface area contributed by atoms with Crippen LogP contribution in [0, 0.1) is 0 Å². The molecular weight excluding hydrogens is 122 g/mol. The fourth-order valence-corrected chi connectivity index (χ4v) is 0. The van der Waals surface area contributed by atoms with Crippen molar-refractivity contribution in [1.29, 1.82) is 0 Å². The lowest BCUT2D eigenvalue weighted by Gasteiger charge is -2.28. The average molecular weight is 138 g/mol. The van der Waals surface area contributed by atoms with Crippen LogP contribution in [-0.2, 0) is 0 Å². The molecule has 0 atom stereocenters. The molecule has 8 heavy (non-hydrogen) atoms. The van der Waals surface area contributed by atoms with Gasteiger partial charge in [0.05, 0.1) is 27.2 Å². The Morgan fingerprint density at radius 3 is 1.12 bits per heavy atom. The van der Waals surface area contributed by atoms with Gasteiger partial charge in [-0.25, -0.2) is 0 Å². The summed E-state index contributed by atoms with van der Waals surface area (Å²) >= 11 is 0. The van der Waals surface area contributed by atoms with Crippen molar-refractivity contribution in [3.63, 3.8) is 0 Å².